The number of amides is 1. The van der Waals surface area contributed by atoms with E-state index in [1.165, 1.54) is 25.7 Å². The van der Waals surface area contributed by atoms with Gasteiger partial charge < -0.3 is 14.8 Å². The highest BCUT2D eigenvalue weighted by atomic mass is 16.6. The smallest absolute Gasteiger partial charge is 0.353 e. The van der Waals surface area contributed by atoms with Crippen LogP contribution in [0.15, 0.2) is 5.16 Å². The minimum absolute atomic E-state index is 0.0593. The molecule has 3 atom stereocenters. The van der Waals surface area contributed by atoms with Crippen LogP contribution in [-0.2, 0) is 14.4 Å². The Morgan fingerprint density at radius 1 is 1.20 bits per heavy atom. The van der Waals surface area contributed by atoms with Crippen LogP contribution in [0.25, 0.3) is 0 Å². The molecule has 20 heavy (non-hydrogen) atoms. The summed E-state index contributed by atoms with van der Waals surface area (Å²) in [6, 6.07) is 0. The zero-order chi connectivity index (χ0) is 14.1. The fourth-order valence-electron chi connectivity index (χ4n) is 3.64. The number of carbonyl (C=O) groups is 2. The Kier molecular flexibility index (Phi) is 3.63. The summed E-state index contributed by atoms with van der Waals surface area (Å²) in [5.74, 6) is 0.172. The lowest BCUT2D eigenvalue weighted by Crippen LogP contribution is -2.48. The number of rotatable bonds is 2. The number of hydrogen-bond acceptors (Lipinski definition) is 4. The molecule has 0 bridgehead atoms. The first-order valence-corrected chi connectivity index (χ1v) is 7.40. The molecule has 2 fully saturated rings. The first kappa shape index (κ1) is 13.4. The highest BCUT2D eigenvalue weighted by Crippen LogP contribution is 2.36. The van der Waals surface area contributed by atoms with Crippen molar-refractivity contribution >= 4 is 17.6 Å². The monoisotopic (exact) mass is 280 g/mol. The van der Waals surface area contributed by atoms with Gasteiger partial charge in [0, 0.05) is 19.5 Å². The molecule has 1 aliphatic carbocycles. The summed E-state index contributed by atoms with van der Waals surface area (Å²) in [7, 11) is 0. The molecule has 110 valence electrons. The minimum Gasteiger partial charge on any atom is -0.477 e. The molecule has 1 amide bonds. The van der Waals surface area contributed by atoms with Gasteiger partial charge in [-0.1, -0.05) is 24.4 Å². The number of oxime groups is 1. The lowest BCUT2D eigenvalue weighted by Gasteiger charge is -2.41. The van der Waals surface area contributed by atoms with Crippen molar-refractivity contribution in [2.45, 2.75) is 44.6 Å². The summed E-state index contributed by atoms with van der Waals surface area (Å²) in [6.45, 7) is 1.56. The molecule has 3 aliphatic rings. The van der Waals surface area contributed by atoms with E-state index in [-0.39, 0.29) is 18.0 Å². The van der Waals surface area contributed by atoms with Gasteiger partial charge in [-0.05, 0) is 24.7 Å². The molecule has 3 rings (SSSR count). The molecule has 3 unspecified atom stereocenters. The van der Waals surface area contributed by atoms with Gasteiger partial charge in [0.05, 0.1) is 0 Å². The number of carbonyl (C=O) groups excluding carboxylic acids is 1. The minimum atomic E-state index is -1.11. The van der Waals surface area contributed by atoms with Gasteiger partial charge in [-0.25, -0.2) is 4.79 Å². The zero-order valence-corrected chi connectivity index (χ0v) is 11.5. The molecule has 0 radical (unpaired) electrons. The first-order chi connectivity index (χ1) is 9.65. The summed E-state index contributed by atoms with van der Waals surface area (Å²) in [6.07, 6.45) is 5.48. The van der Waals surface area contributed by atoms with Gasteiger partial charge in [0.15, 0.2) is 5.71 Å². The molecule has 2 heterocycles. The van der Waals surface area contributed by atoms with E-state index < -0.39 is 12.1 Å². The van der Waals surface area contributed by atoms with Gasteiger partial charge in [-0.2, -0.15) is 0 Å². The van der Waals surface area contributed by atoms with Crippen molar-refractivity contribution < 1.29 is 19.5 Å². The number of carboxylic acid groups (broad SMARTS) is 1. The highest BCUT2D eigenvalue weighted by molar-refractivity contribution is 6.36. The molecule has 6 nitrogen and oxygen atoms in total. The lowest BCUT2D eigenvalue weighted by atomic mass is 9.75. The maximum Gasteiger partial charge on any atom is 0.353 e. The van der Waals surface area contributed by atoms with Crippen molar-refractivity contribution in [2.75, 3.05) is 13.1 Å². The molecular weight excluding hydrogens is 260 g/mol. The van der Waals surface area contributed by atoms with Crippen molar-refractivity contribution in [3.8, 4) is 0 Å². The summed E-state index contributed by atoms with van der Waals surface area (Å²) in [5.41, 5.74) is -0.0593. The standard InChI is InChI=1S/C14H20N2O4/c17-13(12-7-11(14(18)19)15-20-12)16-6-5-9-3-1-2-4-10(9)8-16/h9-10,12H,1-8H2,(H,18,19). The average Bonchev–Trinajstić information content (AvgIpc) is 2.96. The Balaban J connectivity index is 1.57. The number of hydrogen-bond donors (Lipinski definition) is 1. The Bertz CT molecular complexity index is 448. The first-order valence-electron chi connectivity index (χ1n) is 7.40. The number of fused-ring (bicyclic) bond motifs is 1. The Morgan fingerprint density at radius 2 is 1.95 bits per heavy atom. The second-order valence-electron chi connectivity index (χ2n) is 6.02. The van der Waals surface area contributed by atoms with Crippen LogP contribution in [0, 0.1) is 11.8 Å². The van der Waals surface area contributed by atoms with E-state index in [9.17, 15) is 9.59 Å². The molecule has 6 heteroatoms. The Morgan fingerprint density at radius 3 is 2.65 bits per heavy atom. The molecule has 0 aromatic carbocycles. The summed E-state index contributed by atoms with van der Waals surface area (Å²) >= 11 is 0. The van der Waals surface area contributed by atoms with Crippen molar-refractivity contribution in [3.05, 3.63) is 0 Å². The van der Waals surface area contributed by atoms with Crippen molar-refractivity contribution in [1.82, 2.24) is 4.90 Å². The van der Waals surface area contributed by atoms with Crippen LogP contribution >= 0.6 is 0 Å². The Labute approximate surface area is 117 Å². The quantitative estimate of drug-likeness (QED) is 0.825. The summed E-state index contributed by atoms with van der Waals surface area (Å²) in [5, 5.41) is 12.3. The van der Waals surface area contributed by atoms with E-state index >= 15 is 0 Å². The largest absolute Gasteiger partial charge is 0.477 e. The van der Waals surface area contributed by atoms with E-state index in [1.807, 2.05) is 4.90 Å². The van der Waals surface area contributed by atoms with Crippen LogP contribution in [0.2, 0.25) is 0 Å². The number of nitrogens with zero attached hydrogens (tertiary/aromatic N) is 2. The molecule has 0 spiro atoms. The number of carboxylic acids is 1. The van der Waals surface area contributed by atoms with Crippen molar-refractivity contribution in [3.63, 3.8) is 0 Å². The van der Waals surface area contributed by atoms with E-state index in [0.717, 1.165) is 25.4 Å². The maximum atomic E-state index is 12.4. The third kappa shape index (κ3) is 2.51. The molecule has 0 aromatic rings. The van der Waals surface area contributed by atoms with E-state index in [2.05, 4.69) is 5.16 Å². The molecule has 0 aromatic heterocycles. The molecule has 1 saturated carbocycles. The topological polar surface area (TPSA) is 79.2 Å². The van der Waals surface area contributed by atoms with Crippen molar-refractivity contribution in [2.24, 2.45) is 17.0 Å². The van der Waals surface area contributed by atoms with E-state index in [1.54, 1.807) is 0 Å². The third-order valence-electron chi connectivity index (χ3n) is 4.79. The van der Waals surface area contributed by atoms with Gasteiger partial charge in [0.1, 0.15) is 0 Å². The van der Waals surface area contributed by atoms with Gasteiger partial charge in [-0.3, -0.25) is 4.79 Å². The number of piperidine rings is 1. The van der Waals surface area contributed by atoms with Crippen LogP contribution in [0.5, 0.6) is 0 Å². The van der Waals surface area contributed by atoms with Crippen LogP contribution < -0.4 is 0 Å². The lowest BCUT2D eigenvalue weighted by molar-refractivity contribution is -0.145. The number of aliphatic carboxylic acids is 1. The zero-order valence-electron chi connectivity index (χ0n) is 11.5. The second-order valence-corrected chi connectivity index (χ2v) is 6.02. The van der Waals surface area contributed by atoms with Gasteiger partial charge >= 0.3 is 5.97 Å². The highest BCUT2D eigenvalue weighted by Gasteiger charge is 2.38. The van der Waals surface area contributed by atoms with Gasteiger partial charge in [0.25, 0.3) is 5.91 Å². The SMILES string of the molecule is O=C(O)C1=NOC(C(=O)N2CCC3CCCCC3C2)C1. The molecule has 2 aliphatic heterocycles. The van der Waals surface area contributed by atoms with Crippen LogP contribution in [0.4, 0.5) is 0 Å². The normalized spacial score (nSPS) is 33.1. The van der Waals surface area contributed by atoms with E-state index in [4.69, 9.17) is 9.94 Å². The van der Waals surface area contributed by atoms with Gasteiger partial charge in [0.2, 0.25) is 6.10 Å². The maximum absolute atomic E-state index is 12.4. The molecular formula is C14H20N2O4. The number of likely N-dealkylation sites (tertiary alicyclic amines) is 1. The third-order valence-corrected chi connectivity index (χ3v) is 4.79. The van der Waals surface area contributed by atoms with E-state index in [0.29, 0.717) is 5.92 Å². The van der Waals surface area contributed by atoms with Crippen LogP contribution in [-0.4, -0.2) is 46.8 Å². The predicted octanol–water partition coefficient (Wildman–Crippen LogP) is 1.25. The Hall–Kier alpha value is -1.59. The van der Waals surface area contributed by atoms with Crippen molar-refractivity contribution in [1.29, 1.82) is 0 Å². The average molecular weight is 280 g/mol. The van der Waals surface area contributed by atoms with Crippen LogP contribution in [0.3, 0.4) is 0 Å². The fraction of sp³-hybridized carbons (Fsp3) is 0.786. The fourth-order valence-corrected chi connectivity index (χ4v) is 3.64. The van der Waals surface area contributed by atoms with Gasteiger partial charge in [-0.15, -0.1) is 0 Å². The molecule has 1 N–H and O–H groups in total. The second kappa shape index (κ2) is 5.42. The molecule has 1 saturated heterocycles. The van der Waals surface area contributed by atoms with Crippen LogP contribution in [0.1, 0.15) is 38.5 Å². The predicted molar refractivity (Wildman–Crippen MR) is 71.2 cm³/mol. The summed E-state index contributed by atoms with van der Waals surface area (Å²) in [4.78, 5) is 30.0. The summed E-state index contributed by atoms with van der Waals surface area (Å²) < 4.78 is 0.